The molecular weight excluding hydrogens is 434 g/mol. The Hall–Kier alpha value is -3.71. The van der Waals surface area contributed by atoms with Gasteiger partial charge >= 0.3 is 5.97 Å². The van der Waals surface area contributed by atoms with E-state index in [0.29, 0.717) is 33.5 Å². The van der Waals surface area contributed by atoms with E-state index in [4.69, 9.17) is 30.5 Å². The molecule has 0 saturated carbocycles. The largest absolute Gasteiger partial charge is 0.497 e. The maximum absolute atomic E-state index is 12.1. The van der Waals surface area contributed by atoms with Gasteiger partial charge in [-0.1, -0.05) is 17.7 Å². The van der Waals surface area contributed by atoms with Gasteiger partial charge in [0.1, 0.15) is 30.5 Å². The number of benzene rings is 3. The molecule has 3 aromatic rings. The van der Waals surface area contributed by atoms with Crippen molar-refractivity contribution in [1.29, 1.82) is 0 Å². The van der Waals surface area contributed by atoms with Crippen LogP contribution in [0.5, 0.6) is 17.2 Å². The molecule has 0 aromatic heterocycles. The van der Waals surface area contributed by atoms with Crippen LogP contribution in [0, 0.1) is 0 Å². The van der Waals surface area contributed by atoms with Gasteiger partial charge in [0.05, 0.1) is 12.7 Å². The second-order valence-electron chi connectivity index (χ2n) is 6.53. The zero-order chi connectivity index (χ0) is 22.8. The quantitative estimate of drug-likeness (QED) is 0.355. The lowest BCUT2D eigenvalue weighted by molar-refractivity contribution is -0.118. The summed E-state index contributed by atoms with van der Waals surface area (Å²) in [6.45, 7) is 0.143. The van der Waals surface area contributed by atoms with Crippen LogP contribution < -0.4 is 19.5 Å². The highest BCUT2D eigenvalue weighted by Gasteiger charge is 2.09. The average molecular weight is 456 g/mol. The summed E-state index contributed by atoms with van der Waals surface area (Å²) in [6, 6.07) is 20.3. The molecule has 7 nitrogen and oxygen atoms in total. The van der Waals surface area contributed by atoms with Crippen LogP contribution in [0.2, 0.25) is 5.02 Å². The number of carbonyl (C=O) groups excluding carboxylic acids is 2. The van der Waals surface area contributed by atoms with Crippen LogP contribution in [-0.2, 0) is 9.53 Å². The van der Waals surface area contributed by atoms with Crippen molar-refractivity contribution in [2.45, 2.75) is 0 Å². The van der Waals surface area contributed by atoms with Gasteiger partial charge < -0.3 is 24.3 Å². The van der Waals surface area contributed by atoms with Crippen molar-refractivity contribution in [2.24, 2.45) is 0 Å². The number of esters is 1. The maximum Gasteiger partial charge on any atom is 0.338 e. The first-order chi connectivity index (χ1) is 15.5. The van der Waals surface area contributed by atoms with Gasteiger partial charge in [-0.15, -0.1) is 0 Å². The van der Waals surface area contributed by atoms with Crippen LogP contribution in [0.1, 0.15) is 10.4 Å². The van der Waals surface area contributed by atoms with E-state index in [-0.39, 0.29) is 25.7 Å². The van der Waals surface area contributed by atoms with Crippen LogP contribution in [0.4, 0.5) is 5.69 Å². The third kappa shape index (κ3) is 7.21. The van der Waals surface area contributed by atoms with Gasteiger partial charge in [-0.2, -0.15) is 0 Å². The smallest absolute Gasteiger partial charge is 0.338 e. The summed E-state index contributed by atoms with van der Waals surface area (Å²) in [5.41, 5.74) is 0.973. The summed E-state index contributed by atoms with van der Waals surface area (Å²) in [5, 5.41) is 3.34. The van der Waals surface area contributed by atoms with E-state index >= 15 is 0 Å². The van der Waals surface area contributed by atoms with Crippen molar-refractivity contribution in [3.05, 3.63) is 83.4 Å². The summed E-state index contributed by atoms with van der Waals surface area (Å²) in [5.74, 6) is 0.938. The monoisotopic (exact) mass is 455 g/mol. The molecule has 0 heterocycles. The van der Waals surface area contributed by atoms with Crippen LogP contribution in [0.15, 0.2) is 72.8 Å². The summed E-state index contributed by atoms with van der Waals surface area (Å²) >= 11 is 5.81. The van der Waals surface area contributed by atoms with Crippen molar-refractivity contribution in [1.82, 2.24) is 0 Å². The SMILES string of the molecule is COc1cccc(NC(=O)COc2ccc(C(=O)OCCOc3ccc(Cl)cc3)cc2)c1. The second kappa shape index (κ2) is 11.6. The standard InChI is InChI=1S/C24H22ClNO6/c1-29-22-4-2-3-19(15-22)26-23(27)16-32-21-9-5-17(6-10-21)24(28)31-14-13-30-20-11-7-18(25)8-12-20/h2-12,15H,13-14,16H2,1H3,(H,26,27). The van der Waals surface area contributed by atoms with Crippen LogP contribution >= 0.6 is 11.6 Å². The minimum Gasteiger partial charge on any atom is -0.497 e. The third-order valence-corrected chi connectivity index (χ3v) is 4.46. The Morgan fingerprint density at radius 2 is 1.53 bits per heavy atom. The molecule has 3 aromatic carbocycles. The summed E-state index contributed by atoms with van der Waals surface area (Å²) < 4.78 is 21.2. The lowest BCUT2D eigenvalue weighted by atomic mass is 10.2. The van der Waals surface area contributed by atoms with Crippen molar-refractivity contribution >= 4 is 29.2 Å². The molecule has 0 fully saturated rings. The molecular formula is C24H22ClNO6. The van der Waals surface area contributed by atoms with Gasteiger partial charge in [0, 0.05) is 16.8 Å². The molecule has 166 valence electrons. The van der Waals surface area contributed by atoms with E-state index < -0.39 is 5.97 Å². The van der Waals surface area contributed by atoms with E-state index in [0.717, 1.165) is 0 Å². The minimum atomic E-state index is -0.480. The number of halogens is 1. The van der Waals surface area contributed by atoms with Crippen molar-refractivity contribution in [3.63, 3.8) is 0 Å². The minimum absolute atomic E-state index is 0.101. The number of amides is 1. The number of anilines is 1. The van der Waals surface area contributed by atoms with Crippen molar-refractivity contribution < 1.29 is 28.5 Å². The first-order valence-corrected chi connectivity index (χ1v) is 10.1. The molecule has 1 N–H and O–H groups in total. The molecule has 8 heteroatoms. The number of methoxy groups -OCH3 is 1. The van der Waals surface area contributed by atoms with E-state index in [1.807, 2.05) is 0 Å². The number of hydrogen-bond acceptors (Lipinski definition) is 6. The predicted octanol–water partition coefficient (Wildman–Crippen LogP) is 4.60. The first-order valence-electron chi connectivity index (χ1n) is 9.76. The Labute approximate surface area is 190 Å². The molecule has 0 radical (unpaired) electrons. The third-order valence-electron chi connectivity index (χ3n) is 4.21. The first kappa shape index (κ1) is 23.0. The average Bonchev–Trinajstić information content (AvgIpc) is 2.82. The topological polar surface area (TPSA) is 83.1 Å². The number of hydrogen-bond donors (Lipinski definition) is 1. The van der Waals surface area contributed by atoms with Crippen LogP contribution in [0.25, 0.3) is 0 Å². The zero-order valence-corrected chi connectivity index (χ0v) is 18.1. The van der Waals surface area contributed by atoms with Gasteiger partial charge in [-0.3, -0.25) is 4.79 Å². The molecule has 0 spiro atoms. The Kier molecular flexibility index (Phi) is 8.34. The Bertz CT molecular complexity index is 1040. The van der Waals surface area contributed by atoms with E-state index in [1.165, 1.54) is 0 Å². The second-order valence-corrected chi connectivity index (χ2v) is 6.97. The van der Waals surface area contributed by atoms with Gasteiger partial charge in [0.25, 0.3) is 5.91 Å². The highest BCUT2D eigenvalue weighted by Crippen LogP contribution is 2.18. The summed E-state index contributed by atoms with van der Waals surface area (Å²) in [6.07, 6.45) is 0. The lowest BCUT2D eigenvalue weighted by Crippen LogP contribution is -2.20. The lowest BCUT2D eigenvalue weighted by Gasteiger charge is -2.10. The number of ether oxygens (including phenoxy) is 4. The zero-order valence-electron chi connectivity index (χ0n) is 17.4. The van der Waals surface area contributed by atoms with Crippen LogP contribution in [-0.4, -0.2) is 38.8 Å². The van der Waals surface area contributed by atoms with E-state index in [2.05, 4.69) is 5.32 Å². The van der Waals surface area contributed by atoms with Crippen LogP contribution in [0.3, 0.4) is 0 Å². The number of nitrogens with one attached hydrogen (secondary N) is 1. The molecule has 0 unspecified atom stereocenters. The Balaban J connectivity index is 1.39. The highest BCUT2D eigenvalue weighted by molar-refractivity contribution is 6.30. The fraction of sp³-hybridized carbons (Fsp3) is 0.167. The number of carbonyl (C=O) groups is 2. The summed E-state index contributed by atoms with van der Waals surface area (Å²) in [4.78, 5) is 24.2. The van der Waals surface area contributed by atoms with E-state index in [1.54, 1.807) is 79.9 Å². The maximum atomic E-state index is 12.1. The molecule has 0 aliphatic rings. The normalized spacial score (nSPS) is 10.2. The van der Waals surface area contributed by atoms with Gasteiger partial charge in [0.2, 0.25) is 0 Å². The molecule has 3 rings (SSSR count). The Morgan fingerprint density at radius 3 is 2.25 bits per heavy atom. The van der Waals surface area contributed by atoms with Gasteiger partial charge in [-0.05, 0) is 60.7 Å². The molecule has 0 aliphatic heterocycles. The Morgan fingerprint density at radius 1 is 0.844 bits per heavy atom. The van der Waals surface area contributed by atoms with Gasteiger partial charge in [0.15, 0.2) is 6.61 Å². The molecule has 0 aliphatic carbocycles. The molecule has 0 saturated heterocycles. The highest BCUT2D eigenvalue weighted by atomic mass is 35.5. The summed E-state index contributed by atoms with van der Waals surface area (Å²) in [7, 11) is 1.55. The molecule has 0 bridgehead atoms. The molecule has 1 amide bonds. The fourth-order valence-electron chi connectivity index (χ4n) is 2.64. The fourth-order valence-corrected chi connectivity index (χ4v) is 2.77. The van der Waals surface area contributed by atoms with Crippen molar-refractivity contribution in [2.75, 3.05) is 32.2 Å². The van der Waals surface area contributed by atoms with Gasteiger partial charge in [-0.25, -0.2) is 4.79 Å². The predicted molar refractivity (Wildman–Crippen MR) is 121 cm³/mol. The molecule has 32 heavy (non-hydrogen) atoms. The molecule has 0 atom stereocenters. The van der Waals surface area contributed by atoms with Crippen molar-refractivity contribution in [3.8, 4) is 17.2 Å². The number of rotatable bonds is 10. The van der Waals surface area contributed by atoms with E-state index in [9.17, 15) is 9.59 Å².